The summed E-state index contributed by atoms with van der Waals surface area (Å²) >= 11 is 1.63. The van der Waals surface area contributed by atoms with Crippen LogP contribution in [0.1, 0.15) is 28.8 Å². The van der Waals surface area contributed by atoms with Crippen LogP contribution in [0.2, 0.25) is 0 Å². The fourth-order valence-electron chi connectivity index (χ4n) is 3.33. The lowest BCUT2D eigenvalue weighted by molar-refractivity contribution is -0.142. The number of nitrogens with zero attached hydrogens (tertiary/aromatic N) is 2. The lowest BCUT2D eigenvalue weighted by Crippen LogP contribution is -2.52. The normalized spacial score (nSPS) is 21.6. The predicted molar refractivity (Wildman–Crippen MR) is 99.2 cm³/mol. The van der Waals surface area contributed by atoms with Crippen LogP contribution < -0.4 is 5.32 Å². The molecule has 0 radical (unpaired) electrons. The number of hydrogen-bond acceptors (Lipinski definition) is 5. The van der Waals surface area contributed by atoms with E-state index < -0.39 is 0 Å². The summed E-state index contributed by atoms with van der Waals surface area (Å²) in [5.74, 6) is 0.130. The van der Waals surface area contributed by atoms with Gasteiger partial charge < -0.3 is 15.0 Å². The van der Waals surface area contributed by atoms with Crippen LogP contribution >= 0.6 is 11.3 Å². The highest BCUT2D eigenvalue weighted by Gasteiger charge is 2.30. The zero-order valence-corrected chi connectivity index (χ0v) is 16.1. The quantitative estimate of drug-likeness (QED) is 0.886. The first-order chi connectivity index (χ1) is 12.0. The lowest BCUT2D eigenvalue weighted by atomic mass is 10.2. The maximum atomic E-state index is 12.3. The Bertz CT molecular complexity index is 644. The summed E-state index contributed by atoms with van der Waals surface area (Å²) < 4.78 is 5.48. The third-order valence-electron chi connectivity index (χ3n) is 5.20. The van der Waals surface area contributed by atoms with Crippen molar-refractivity contribution in [1.29, 1.82) is 0 Å². The molecule has 1 atom stereocenters. The van der Waals surface area contributed by atoms with Crippen LogP contribution in [0.15, 0.2) is 0 Å². The summed E-state index contributed by atoms with van der Waals surface area (Å²) in [4.78, 5) is 29.9. The van der Waals surface area contributed by atoms with Gasteiger partial charge in [-0.1, -0.05) is 0 Å². The molecule has 3 rings (SSSR count). The second kappa shape index (κ2) is 7.85. The number of piperazine rings is 1. The van der Waals surface area contributed by atoms with Gasteiger partial charge in [-0.15, -0.1) is 11.3 Å². The van der Waals surface area contributed by atoms with Crippen LogP contribution in [0.4, 0.5) is 5.00 Å². The van der Waals surface area contributed by atoms with Crippen LogP contribution in [0, 0.1) is 20.8 Å². The first kappa shape index (κ1) is 18.4. The molecule has 0 aliphatic carbocycles. The minimum atomic E-state index is -0.247. The molecule has 6 nitrogen and oxygen atoms in total. The van der Waals surface area contributed by atoms with Crippen molar-refractivity contribution in [3.63, 3.8) is 0 Å². The average Bonchev–Trinajstić information content (AvgIpc) is 3.21. The van der Waals surface area contributed by atoms with Crippen LogP contribution in [-0.4, -0.2) is 67.0 Å². The summed E-state index contributed by atoms with van der Waals surface area (Å²) in [6.45, 7) is 10.1. The third kappa shape index (κ3) is 4.22. The maximum Gasteiger partial charge on any atom is 0.251 e. The van der Waals surface area contributed by atoms with Crippen molar-refractivity contribution in [3.05, 3.63) is 16.0 Å². The second-order valence-electron chi connectivity index (χ2n) is 6.89. The highest BCUT2D eigenvalue weighted by Crippen LogP contribution is 2.31. The summed E-state index contributed by atoms with van der Waals surface area (Å²) in [5.41, 5.74) is 2.41. The molecule has 25 heavy (non-hydrogen) atoms. The van der Waals surface area contributed by atoms with E-state index in [4.69, 9.17) is 4.74 Å². The van der Waals surface area contributed by atoms with E-state index >= 15 is 0 Å². The van der Waals surface area contributed by atoms with E-state index in [1.54, 1.807) is 11.3 Å². The molecule has 2 fully saturated rings. The number of amides is 2. The van der Waals surface area contributed by atoms with E-state index in [1.807, 2.05) is 11.8 Å². The van der Waals surface area contributed by atoms with Crippen molar-refractivity contribution >= 4 is 28.2 Å². The van der Waals surface area contributed by atoms with Gasteiger partial charge in [-0.2, -0.15) is 0 Å². The van der Waals surface area contributed by atoms with Gasteiger partial charge in [0, 0.05) is 37.7 Å². The van der Waals surface area contributed by atoms with Gasteiger partial charge in [0.15, 0.2) is 0 Å². The molecule has 2 aliphatic rings. The Labute approximate surface area is 153 Å². The first-order valence-corrected chi connectivity index (χ1v) is 9.76. The molecule has 138 valence electrons. The Balaban J connectivity index is 1.46. The third-order valence-corrected chi connectivity index (χ3v) is 6.42. The van der Waals surface area contributed by atoms with Crippen LogP contribution in [0.5, 0.6) is 0 Å². The highest BCUT2D eigenvalue weighted by molar-refractivity contribution is 7.16. The van der Waals surface area contributed by atoms with Gasteiger partial charge in [0.1, 0.15) is 6.10 Å². The van der Waals surface area contributed by atoms with Crippen molar-refractivity contribution in [2.75, 3.05) is 44.6 Å². The van der Waals surface area contributed by atoms with Gasteiger partial charge in [0.25, 0.3) is 5.91 Å². The van der Waals surface area contributed by atoms with Crippen molar-refractivity contribution in [2.45, 2.75) is 39.7 Å². The average molecular weight is 365 g/mol. The van der Waals surface area contributed by atoms with Crippen LogP contribution in [0.25, 0.3) is 0 Å². The van der Waals surface area contributed by atoms with Gasteiger partial charge >= 0.3 is 0 Å². The monoisotopic (exact) mass is 365 g/mol. The maximum absolute atomic E-state index is 12.3. The number of carbonyl (C=O) groups is 2. The smallest absolute Gasteiger partial charge is 0.251 e. The Kier molecular flexibility index (Phi) is 5.76. The molecular weight excluding hydrogens is 338 g/mol. The van der Waals surface area contributed by atoms with Gasteiger partial charge in [-0.25, -0.2) is 0 Å². The van der Waals surface area contributed by atoms with Crippen molar-refractivity contribution in [3.8, 4) is 0 Å². The molecular formula is C18H27N3O3S. The predicted octanol–water partition coefficient (Wildman–Crippen LogP) is 1.94. The number of nitrogens with one attached hydrogen (secondary N) is 1. The molecule has 0 spiro atoms. The first-order valence-electron chi connectivity index (χ1n) is 8.95. The molecule has 7 heteroatoms. The van der Waals surface area contributed by atoms with Crippen LogP contribution in [0.3, 0.4) is 0 Å². The van der Waals surface area contributed by atoms with Gasteiger partial charge in [0.05, 0.1) is 11.5 Å². The summed E-state index contributed by atoms with van der Waals surface area (Å²) in [7, 11) is 0. The number of carbonyl (C=O) groups excluding carboxylic acids is 2. The van der Waals surface area contributed by atoms with E-state index in [2.05, 4.69) is 24.1 Å². The minimum absolute atomic E-state index is 0.0169. The van der Waals surface area contributed by atoms with Crippen molar-refractivity contribution in [2.24, 2.45) is 0 Å². The van der Waals surface area contributed by atoms with E-state index in [-0.39, 0.29) is 17.9 Å². The van der Waals surface area contributed by atoms with E-state index in [9.17, 15) is 9.59 Å². The molecule has 1 aromatic heterocycles. The molecule has 2 amide bonds. The zero-order valence-electron chi connectivity index (χ0n) is 15.3. The molecule has 0 bridgehead atoms. The van der Waals surface area contributed by atoms with E-state index in [1.165, 1.54) is 10.4 Å². The number of hydrogen-bond donors (Lipinski definition) is 1. The fraction of sp³-hybridized carbons (Fsp3) is 0.667. The SMILES string of the molecule is Cc1sc(NC(=O)CN2CCN(C(=O)[C@@H]3CCCO3)CC2)c(C)c1C. The topological polar surface area (TPSA) is 61.9 Å². The number of rotatable bonds is 4. The summed E-state index contributed by atoms with van der Waals surface area (Å²) in [6, 6.07) is 0. The van der Waals surface area contributed by atoms with Gasteiger partial charge in [0.2, 0.25) is 5.91 Å². The number of ether oxygens (including phenoxy) is 1. The molecule has 3 heterocycles. The van der Waals surface area contributed by atoms with E-state index in [0.29, 0.717) is 26.2 Å². The molecule has 0 saturated carbocycles. The minimum Gasteiger partial charge on any atom is -0.368 e. The zero-order chi connectivity index (χ0) is 18.0. The number of anilines is 1. The van der Waals surface area contributed by atoms with Crippen molar-refractivity contribution in [1.82, 2.24) is 9.80 Å². The van der Waals surface area contributed by atoms with Crippen LogP contribution in [-0.2, 0) is 14.3 Å². The Hall–Kier alpha value is -1.44. The molecule has 0 aromatic carbocycles. The molecule has 2 aliphatic heterocycles. The molecule has 2 saturated heterocycles. The standard InChI is InChI=1S/C18H27N3O3S/c1-12-13(2)17(25-14(12)3)19-16(22)11-20-6-8-21(9-7-20)18(23)15-5-4-10-24-15/h15H,4-11H2,1-3H3,(H,19,22)/t15-/m0/s1. The largest absolute Gasteiger partial charge is 0.368 e. The second-order valence-corrected chi connectivity index (χ2v) is 8.11. The lowest BCUT2D eigenvalue weighted by Gasteiger charge is -2.35. The van der Waals surface area contributed by atoms with E-state index in [0.717, 1.165) is 36.5 Å². The van der Waals surface area contributed by atoms with Gasteiger partial charge in [-0.05, 0) is 44.7 Å². The Morgan fingerprint density at radius 1 is 1.16 bits per heavy atom. The Morgan fingerprint density at radius 3 is 2.44 bits per heavy atom. The van der Waals surface area contributed by atoms with Gasteiger partial charge in [-0.3, -0.25) is 14.5 Å². The Morgan fingerprint density at radius 2 is 1.88 bits per heavy atom. The molecule has 1 aromatic rings. The summed E-state index contributed by atoms with van der Waals surface area (Å²) in [5, 5.41) is 3.99. The fourth-order valence-corrected chi connectivity index (χ4v) is 4.41. The molecule has 1 N–H and O–H groups in total. The highest BCUT2D eigenvalue weighted by atomic mass is 32.1. The summed E-state index contributed by atoms with van der Waals surface area (Å²) in [6.07, 6.45) is 1.56. The number of aryl methyl sites for hydroxylation is 1. The van der Waals surface area contributed by atoms with Crippen molar-refractivity contribution < 1.29 is 14.3 Å². The number of thiophene rings is 1. The molecule has 0 unspecified atom stereocenters.